The van der Waals surface area contributed by atoms with Gasteiger partial charge in [0.05, 0.1) is 0 Å². The SMILES string of the molecule is Cn1nc(C(F)(F)F)cc1CCN=[N+]=[N-]. The Labute approximate surface area is 83.1 Å². The molecule has 0 aromatic carbocycles. The number of aromatic nitrogens is 2. The summed E-state index contributed by atoms with van der Waals surface area (Å²) in [6.07, 6.45) is -4.20. The second kappa shape index (κ2) is 4.22. The highest BCUT2D eigenvalue weighted by atomic mass is 19.4. The summed E-state index contributed by atoms with van der Waals surface area (Å²) in [5, 5.41) is 6.56. The molecule has 0 aliphatic heterocycles. The van der Waals surface area contributed by atoms with Crippen molar-refractivity contribution in [2.45, 2.75) is 12.6 Å². The van der Waals surface area contributed by atoms with Crippen molar-refractivity contribution < 1.29 is 13.2 Å². The average molecular weight is 219 g/mol. The first kappa shape index (κ1) is 11.4. The van der Waals surface area contributed by atoms with E-state index in [1.54, 1.807) is 0 Å². The molecule has 1 aromatic heterocycles. The molecule has 8 heteroatoms. The Kier molecular flexibility index (Phi) is 3.21. The molecule has 0 atom stereocenters. The monoisotopic (exact) mass is 219 g/mol. The number of aryl methyl sites for hydroxylation is 1. The van der Waals surface area contributed by atoms with Gasteiger partial charge < -0.3 is 0 Å². The van der Waals surface area contributed by atoms with E-state index in [2.05, 4.69) is 15.1 Å². The Morgan fingerprint density at radius 2 is 2.27 bits per heavy atom. The van der Waals surface area contributed by atoms with E-state index >= 15 is 0 Å². The largest absolute Gasteiger partial charge is 0.435 e. The maximum atomic E-state index is 12.2. The molecule has 0 saturated heterocycles. The third-order valence-electron chi connectivity index (χ3n) is 1.80. The van der Waals surface area contributed by atoms with E-state index in [1.165, 1.54) is 7.05 Å². The lowest BCUT2D eigenvalue weighted by Gasteiger charge is -1.99. The standard InChI is InChI=1S/C7H8F3N5/c1-15-5(2-3-12-14-11)4-6(13-15)7(8,9)10/h4H,2-3H2,1H3. The molecular weight excluding hydrogens is 211 g/mol. The summed E-state index contributed by atoms with van der Waals surface area (Å²) >= 11 is 0. The fraction of sp³-hybridized carbons (Fsp3) is 0.571. The number of rotatable bonds is 3. The minimum Gasteiger partial charge on any atom is -0.272 e. The predicted octanol–water partition coefficient (Wildman–Crippen LogP) is 2.29. The number of alkyl halides is 3. The lowest BCUT2D eigenvalue weighted by Crippen LogP contribution is -2.06. The number of halogens is 3. The van der Waals surface area contributed by atoms with E-state index in [0.29, 0.717) is 5.69 Å². The van der Waals surface area contributed by atoms with Gasteiger partial charge >= 0.3 is 6.18 Å². The fourth-order valence-corrected chi connectivity index (χ4v) is 1.09. The molecule has 0 bridgehead atoms. The maximum absolute atomic E-state index is 12.2. The lowest BCUT2D eigenvalue weighted by molar-refractivity contribution is -0.141. The molecule has 0 amide bonds. The van der Waals surface area contributed by atoms with E-state index in [4.69, 9.17) is 5.53 Å². The molecule has 5 nitrogen and oxygen atoms in total. The van der Waals surface area contributed by atoms with Crippen molar-refractivity contribution in [3.63, 3.8) is 0 Å². The second-order valence-electron chi connectivity index (χ2n) is 2.85. The van der Waals surface area contributed by atoms with Crippen molar-refractivity contribution in [1.82, 2.24) is 9.78 Å². The van der Waals surface area contributed by atoms with Crippen LogP contribution in [0.25, 0.3) is 10.4 Å². The number of hydrogen-bond donors (Lipinski definition) is 0. The topological polar surface area (TPSA) is 66.6 Å². The van der Waals surface area contributed by atoms with Crippen LogP contribution in [-0.4, -0.2) is 16.3 Å². The summed E-state index contributed by atoms with van der Waals surface area (Å²) in [6.45, 7) is 0.118. The Bertz CT molecular complexity index is 388. The number of nitrogens with zero attached hydrogens (tertiary/aromatic N) is 5. The van der Waals surface area contributed by atoms with Crippen LogP contribution in [0.1, 0.15) is 11.4 Å². The molecule has 0 spiro atoms. The first-order valence-corrected chi connectivity index (χ1v) is 4.06. The minimum atomic E-state index is -4.44. The predicted molar refractivity (Wildman–Crippen MR) is 45.9 cm³/mol. The smallest absolute Gasteiger partial charge is 0.272 e. The van der Waals surface area contributed by atoms with Crippen LogP contribution in [0.15, 0.2) is 11.2 Å². The van der Waals surface area contributed by atoms with Gasteiger partial charge in [0, 0.05) is 24.2 Å². The number of azide groups is 1. The van der Waals surface area contributed by atoms with Crippen molar-refractivity contribution in [3.8, 4) is 0 Å². The molecule has 1 heterocycles. The highest BCUT2D eigenvalue weighted by Gasteiger charge is 2.34. The van der Waals surface area contributed by atoms with Crippen LogP contribution in [0.2, 0.25) is 0 Å². The molecule has 1 rings (SSSR count). The van der Waals surface area contributed by atoms with Crippen LogP contribution in [0.4, 0.5) is 13.2 Å². The highest BCUT2D eigenvalue weighted by Crippen LogP contribution is 2.28. The Balaban J connectivity index is 2.82. The highest BCUT2D eigenvalue weighted by molar-refractivity contribution is 5.13. The van der Waals surface area contributed by atoms with Gasteiger partial charge in [-0.3, -0.25) is 4.68 Å². The molecule has 1 aromatic rings. The van der Waals surface area contributed by atoms with Crippen molar-refractivity contribution in [2.24, 2.45) is 12.2 Å². The summed E-state index contributed by atoms with van der Waals surface area (Å²) in [5.41, 5.74) is 7.46. The van der Waals surface area contributed by atoms with E-state index in [-0.39, 0.29) is 13.0 Å². The van der Waals surface area contributed by atoms with E-state index in [9.17, 15) is 13.2 Å². The lowest BCUT2D eigenvalue weighted by atomic mass is 10.3. The van der Waals surface area contributed by atoms with Gasteiger partial charge in [0.25, 0.3) is 0 Å². The van der Waals surface area contributed by atoms with Crippen LogP contribution in [0.3, 0.4) is 0 Å². The van der Waals surface area contributed by atoms with E-state index in [1.807, 2.05) is 0 Å². The number of hydrogen-bond acceptors (Lipinski definition) is 2. The van der Waals surface area contributed by atoms with Gasteiger partial charge in [0.1, 0.15) is 0 Å². The molecule has 0 N–H and O–H groups in total. The zero-order chi connectivity index (χ0) is 11.5. The van der Waals surface area contributed by atoms with Gasteiger partial charge in [-0.1, -0.05) is 5.11 Å². The zero-order valence-corrected chi connectivity index (χ0v) is 7.86. The molecule has 0 fully saturated rings. The molecular formula is C7H8F3N5. The van der Waals surface area contributed by atoms with Crippen LogP contribution < -0.4 is 0 Å². The van der Waals surface area contributed by atoms with Crippen molar-refractivity contribution in [2.75, 3.05) is 6.54 Å². The van der Waals surface area contributed by atoms with Crippen molar-refractivity contribution >= 4 is 0 Å². The summed E-state index contributed by atoms with van der Waals surface area (Å²) in [6, 6.07) is 0.951. The van der Waals surface area contributed by atoms with Gasteiger partial charge in [-0.2, -0.15) is 18.3 Å². The second-order valence-corrected chi connectivity index (χ2v) is 2.85. The maximum Gasteiger partial charge on any atom is 0.435 e. The quantitative estimate of drug-likeness (QED) is 0.437. The third kappa shape index (κ3) is 2.88. The van der Waals surface area contributed by atoms with Gasteiger partial charge in [-0.25, -0.2) is 0 Å². The first-order valence-electron chi connectivity index (χ1n) is 4.06. The summed E-state index contributed by atoms with van der Waals surface area (Å²) in [7, 11) is 1.42. The molecule has 0 aliphatic rings. The Morgan fingerprint density at radius 1 is 1.60 bits per heavy atom. The van der Waals surface area contributed by atoms with Crippen molar-refractivity contribution in [3.05, 3.63) is 27.9 Å². The molecule has 0 radical (unpaired) electrons. The summed E-state index contributed by atoms with van der Waals surface area (Å²) in [5.74, 6) is 0. The van der Waals surface area contributed by atoms with Gasteiger partial charge in [-0.15, -0.1) is 0 Å². The Hall–Kier alpha value is -1.69. The summed E-state index contributed by atoms with van der Waals surface area (Å²) < 4.78 is 37.8. The zero-order valence-electron chi connectivity index (χ0n) is 7.86. The van der Waals surface area contributed by atoms with Crippen LogP contribution >= 0.6 is 0 Å². The van der Waals surface area contributed by atoms with E-state index < -0.39 is 11.9 Å². The van der Waals surface area contributed by atoms with E-state index in [0.717, 1.165) is 10.7 Å². The average Bonchev–Trinajstić information content (AvgIpc) is 2.48. The molecule has 0 saturated carbocycles. The molecule has 0 unspecified atom stereocenters. The fourth-order valence-electron chi connectivity index (χ4n) is 1.09. The minimum absolute atomic E-state index is 0.118. The normalized spacial score (nSPS) is 11.2. The molecule has 15 heavy (non-hydrogen) atoms. The van der Waals surface area contributed by atoms with Gasteiger partial charge in [0.15, 0.2) is 5.69 Å². The van der Waals surface area contributed by atoms with Gasteiger partial charge in [-0.05, 0) is 18.0 Å². The Morgan fingerprint density at radius 3 is 2.73 bits per heavy atom. The van der Waals surface area contributed by atoms with Gasteiger partial charge in [0.2, 0.25) is 0 Å². The van der Waals surface area contributed by atoms with Crippen LogP contribution in [-0.2, 0) is 19.6 Å². The molecule has 82 valence electrons. The van der Waals surface area contributed by atoms with Crippen LogP contribution in [0, 0.1) is 0 Å². The van der Waals surface area contributed by atoms with Crippen molar-refractivity contribution in [1.29, 1.82) is 0 Å². The summed E-state index contributed by atoms with van der Waals surface area (Å²) in [4.78, 5) is 2.51. The third-order valence-corrected chi connectivity index (χ3v) is 1.80. The molecule has 0 aliphatic carbocycles. The first-order chi connectivity index (χ1) is 6.95. The van der Waals surface area contributed by atoms with Crippen LogP contribution in [0.5, 0.6) is 0 Å².